The van der Waals surface area contributed by atoms with Gasteiger partial charge in [-0.3, -0.25) is 14.5 Å². The number of halogens is 2. The van der Waals surface area contributed by atoms with Gasteiger partial charge in [-0.2, -0.15) is 0 Å². The zero-order valence-electron chi connectivity index (χ0n) is 14.7. The number of likely N-dealkylation sites (N-methyl/N-ethyl adjacent to an activating group) is 1. The van der Waals surface area contributed by atoms with E-state index in [1.807, 2.05) is 0 Å². The molecule has 7 nitrogen and oxygen atoms in total. The molecule has 2 aromatic rings. The van der Waals surface area contributed by atoms with Crippen molar-refractivity contribution in [3.8, 4) is 5.75 Å². The molecule has 0 spiro atoms. The summed E-state index contributed by atoms with van der Waals surface area (Å²) in [5.74, 6) is -0.778. The maximum absolute atomic E-state index is 12.9. The van der Waals surface area contributed by atoms with Crippen molar-refractivity contribution in [3.63, 3.8) is 0 Å². The van der Waals surface area contributed by atoms with E-state index in [4.69, 9.17) is 4.74 Å². The Morgan fingerprint density at radius 2 is 1.96 bits per heavy atom. The molecule has 0 aromatic heterocycles. The van der Waals surface area contributed by atoms with Gasteiger partial charge in [-0.1, -0.05) is 6.07 Å². The van der Waals surface area contributed by atoms with Crippen LogP contribution in [0.3, 0.4) is 0 Å². The summed E-state index contributed by atoms with van der Waals surface area (Å²) in [5, 5.41) is 5.07. The van der Waals surface area contributed by atoms with Gasteiger partial charge in [-0.15, -0.1) is 0 Å². The molecule has 0 aliphatic carbocycles. The number of hydrogen-bond donors (Lipinski definition) is 2. The minimum atomic E-state index is -0.484. The Morgan fingerprint density at radius 3 is 2.57 bits per heavy atom. The zero-order valence-corrected chi connectivity index (χ0v) is 16.2. The number of ether oxygens (including phenoxy) is 1. The average Bonchev–Trinajstić information content (AvgIpc) is 2.90. The summed E-state index contributed by atoms with van der Waals surface area (Å²) in [5.41, 5.74) is 1.30. The molecule has 2 aromatic carbocycles. The number of benzene rings is 2. The van der Waals surface area contributed by atoms with Crippen LogP contribution in [0.2, 0.25) is 0 Å². The number of imide groups is 1. The summed E-state index contributed by atoms with van der Waals surface area (Å²) < 4.78 is 18.9. The second-order valence-electron chi connectivity index (χ2n) is 5.89. The molecule has 28 heavy (non-hydrogen) atoms. The third-order valence-electron chi connectivity index (χ3n) is 3.83. The van der Waals surface area contributed by atoms with Gasteiger partial charge in [0.1, 0.15) is 17.3 Å². The number of urea groups is 1. The van der Waals surface area contributed by atoms with Crippen LogP contribution >= 0.6 is 15.9 Å². The monoisotopic (exact) mass is 447 g/mol. The minimum Gasteiger partial charge on any atom is -0.483 e. The predicted molar refractivity (Wildman–Crippen MR) is 104 cm³/mol. The molecule has 1 aliphatic rings. The summed E-state index contributed by atoms with van der Waals surface area (Å²) in [4.78, 5) is 36.3. The number of carbonyl (C=O) groups is 3. The first-order valence-electron chi connectivity index (χ1n) is 8.12. The highest BCUT2D eigenvalue weighted by atomic mass is 79.9. The molecule has 1 aliphatic heterocycles. The molecule has 2 N–H and O–H groups in total. The van der Waals surface area contributed by atoms with E-state index in [0.717, 1.165) is 4.90 Å². The summed E-state index contributed by atoms with van der Waals surface area (Å²) in [6, 6.07) is 9.92. The van der Waals surface area contributed by atoms with Crippen LogP contribution < -0.4 is 15.4 Å². The second kappa shape index (κ2) is 8.22. The van der Waals surface area contributed by atoms with E-state index in [2.05, 4.69) is 26.6 Å². The lowest BCUT2D eigenvalue weighted by Crippen LogP contribution is -2.25. The Labute approximate surface area is 168 Å². The quantitative estimate of drug-likeness (QED) is 0.544. The van der Waals surface area contributed by atoms with Gasteiger partial charge in [0, 0.05) is 12.7 Å². The van der Waals surface area contributed by atoms with Crippen molar-refractivity contribution in [3.05, 3.63) is 64.0 Å². The SMILES string of the molecule is CN1C(=O)N/C(=C/c2ccc(OCC(=O)Nc3ccc(F)cc3)c(Br)c2)C1=O. The number of rotatable bonds is 5. The fourth-order valence-corrected chi connectivity index (χ4v) is 2.90. The minimum absolute atomic E-state index is 0.173. The van der Waals surface area contributed by atoms with E-state index in [0.29, 0.717) is 21.5 Å². The number of carbonyl (C=O) groups excluding carboxylic acids is 3. The number of nitrogens with zero attached hydrogens (tertiary/aromatic N) is 1. The maximum Gasteiger partial charge on any atom is 0.328 e. The van der Waals surface area contributed by atoms with Gasteiger partial charge in [0.15, 0.2) is 6.61 Å². The molecule has 1 fully saturated rings. The first-order chi connectivity index (χ1) is 13.3. The highest BCUT2D eigenvalue weighted by molar-refractivity contribution is 9.10. The van der Waals surface area contributed by atoms with Crippen LogP contribution in [-0.4, -0.2) is 36.4 Å². The molecule has 4 amide bonds. The average molecular weight is 448 g/mol. The molecule has 0 atom stereocenters. The predicted octanol–water partition coefficient (Wildman–Crippen LogP) is 3.13. The van der Waals surface area contributed by atoms with Crippen LogP contribution in [-0.2, 0) is 9.59 Å². The van der Waals surface area contributed by atoms with Crippen LogP contribution in [0, 0.1) is 5.82 Å². The van der Waals surface area contributed by atoms with Gasteiger partial charge in [-0.05, 0) is 64.0 Å². The lowest BCUT2D eigenvalue weighted by molar-refractivity contribution is -0.122. The third kappa shape index (κ3) is 4.55. The molecule has 9 heteroatoms. The topological polar surface area (TPSA) is 87.7 Å². The van der Waals surface area contributed by atoms with Gasteiger partial charge < -0.3 is 15.4 Å². The third-order valence-corrected chi connectivity index (χ3v) is 4.45. The normalized spacial score (nSPS) is 15.0. The van der Waals surface area contributed by atoms with E-state index < -0.39 is 23.7 Å². The molecule has 144 valence electrons. The van der Waals surface area contributed by atoms with Gasteiger partial charge >= 0.3 is 6.03 Å². The molecule has 0 bridgehead atoms. The Kier molecular flexibility index (Phi) is 5.74. The molecule has 0 unspecified atom stereocenters. The van der Waals surface area contributed by atoms with Crippen molar-refractivity contribution < 1.29 is 23.5 Å². The molecular weight excluding hydrogens is 433 g/mol. The van der Waals surface area contributed by atoms with Crippen LogP contribution in [0.5, 0.6) is 5.75 Å². The van der Waals surface area contributed by atoms with E-state index in [9.17, 15) is 18.8 Å². The Balaban J connectivity index is 1.61. The Bertz CT molecular complexity index is 976. The van der Waals surface area contributed by atoms with Crippen molar-refractivity contribution >= 4 is 45.5 Å². The zero-order chi connectivity index (χ0) is 20.3. The molecule has 0 saturated carbocycles. The largest absolute Gasteiger partial charge is 0.483 e. The van der Waals surface area contributed by atoms with Crippen molar-refractivity contribution in [2.24, 2.45) is 0 Å². The highest BCUT2D eigenvalue weighted by Gasteiger charge is 2.29. The van der Waals surface area contributed by atoms with Crippen molar-refractivity contribution in [2.75, 3.05) is 19.0 Å². The summed E-state index contributed by atoms with van der Waals surface area (Å²) >= 11 is 3.35. The second-order valence-corrected chi connectivity index (χ2v) is 6.74. The molecule has 0 radical (unpaired) electrons. The maximum atomic E-state index is 12.9. The Hall–Kier alpha value is -3.20. The van der Waals surface area contributed by atoms with Crippen LogP contribution in [0.25, 0.3) is 6.08 Å². The van der Waals surface area contributed by atoms with Crippen molar-refractivity contribution in [2.45, 2.75) is 0 Å². The van der Waals surface area contributed by atoms with E-state index >= 15 is 0 Å². The summed E-state index contributed by atoms with van der Waals surface area (Å²) in [6.45, 7) is -0.240. The molecule has 1 heterocycles. The number of amides is 4. The number of anilines is 1. The molecule has 1 saturated heterocycles. The first kappa shape index (κ1) is 19.6. The summed E-state index contributed by atoms with van der Waals surface area (Å²) in [6.07, 6.45) is 1.54. The smallest absolute Gasteiger partial charge is 0.328 e. The highest BCUT2D eigenvalue weighted by Crippen LogP contribution is 2.27. The van der Waals surface area contributed by atoms with E-state index in [-0.39, 0.29) is 12.3 Å². The van der Waals surface area contributed by atoms with E-state index in [1.54, 1.807) is 24.3 Å². The molecular formula is C19H15BrFN3O4. The number of nitrogens with one attached hydrogen (secondary N) is 2. The fraction of sp³-hybridized carbons (Fsp3) is 0.105. The van der Waals surface area contributed by atoms with Gasteiger partial charge in [-0.25, -0.2) is 9.18 Å². The lowest BCUT2D eigenvalue weighted by atomic mass is 10.2. The standard InChI is InChI=1S/C19H15BrFN3O4/c1-24-18(26)15(23-19(24)27)9-11-2-7-16(14(20)8-11)28-10-17(25)22-13-5-3-12(21)4-6-13/h2-9H,10H2,1H3,(H,22,25)(H,23,27)/b15-9+. The first-order valence-corrected chi connectivity index (χ1v) is 8.91. The van der Waals surface area contributed by atoms with Crippen molar-refractivity contribution in [1.82, 2.24) is 10.2 Å². The van der Waals surface area contributed by atoms with Gasteiger partial charge in [0.25, 0.3) is 11.8 Å². The van der Waals surface area contributed by atoms with E-state index in [1.165, 1.54) is 31.3 Å². The molecule has 3 rings (SSSR count). The van der Waals surface area contributed by atoms with Crippen molar-refractivity contribution in [1.29, 1.82) is 0 Å². The van der Waals surface area contributed by atoms with Crippen LogP contribution in [0.1, 0.15) is 5.56 Å². The summed E-state index contributed by atoms with van der Waals surface area (Å²) in [7, 11) is 1.39. The van der Waals surface area contributed by atoms with Crippen LogP contribution in [0.15, 0.2) is 52.6 Å². The number of hydrogen-bond acceptors (Lipinski definition) is 4. The van der Waals surface area contributed by atoms with Gasteiger partial charge in [0.05, 0.1) is 4.47 Å². The Morgan fingerprint density at radius 1 is 1.25 bits per heavy atom. The fourth-order valence-electron chi connectivity index (χ4n) is 2.39. The lowest BCUT2D eigenvalue weighted by Gasteiger charge is -2.09. The van der Waals surface area contributed by atoms with Crippen LogP contribution in [0.4, 0.5) is 14.9 Å². The van der Waals surface area contributed by atoms with Gasteiger partial charge in [0.2, 0.25) is 0 Å².